The first-order valence-corrected chi connectivity index (χ1v) is 25.0. The molecule has 3 aromatic heterocycles. The van der Waals surface area contributed by atoms with Crippen LogP contribution in [-0.4, -0.2) is 25.8 Å². The summed E-state index contributed by atoms with van der Waals surface area (Å²) in [6, 6.07) is 74.3. The lowest BCUT2D eigenvalue weighted by atomic mass is 9.34. The topological polar surface area (TPSA) is 35.6 Å². The molecule has 0 fully saturated rings. The second kappa shape index (κ2) is 15.1. The van der Waals surface area contributed by atoms with Crippen LogP contribution in [0.25, 0.3) is 111 Å². The van der Waals surface area contributed by atoms with Crippen molar-refractivity contribution in [1.82, 2.24) is 19.1 Å². The van der Waals surface area contributed by atoms with Crippen LogP contribution >= 0.6 is 0 Å². The quantitative estimate of drug-likeness (QED) is 0.161. The molecular weight excluding hydrogens is 860 g/mol. The standard InChI is InChI=1S/C66H51BN4/c1-65(2,3)47-27-29-57-49(37-47)51-31-44(40-19-11-7-12-20-40)33-53-62(51)70(57)59-35-46(64-68-55(42-23-15-9-16-24-42)39-56(69-64)43-25-17-10-18-26-43)36-60-61(59)67(53)54-34-45(41-21-13-8-14-22-41)32-52-50-38-48(66(4,5)6)28-30-58(50)71(60)63(52)54/h7-39H,1-6H3. The molecule has 0 aliphatic carbocycles. The Hall–Kier alpha value is -8.28. The van der Waals surface area contributed by atoms with Gasteiger partial charge in [-0.15, -0.1) is 0 Å². The third-order valence-electron chi connectivity index (χ3n) is 15.4. The van der Waals surface area contributed by atoms with Crippen LogP contribution in [0.15, 0.2) is 200 Å². The van der Waals surface area contributed by atoms with E-state index in [0.717, 1.165) is 39.5 Å². The largest absolute Gasteiger partial charge is 0.310 e. The smallest absolute Gasteiger partial charge is 0.252 e. The van der Waals surface area contributed by atoms with Crippen LogP contribution in [0.2, 0.25) is 0 Å². The van der Waals surface area contributed by atoms with Crippen molar-refractivity contribution >= 4 is 66.7 Å². The molecule has 0 saturated heterocycles. The molecular formula is C66H51BN4. The SMILES string of the molecule is CC(C)(C)c1ccc2c(c1)c1cc(-c3ccccc3)cc3c1n2-c1cc(-c2nc(-c4ccccc4)cc(-c4ccccc4)n2)cc2c1B3c1cc(-c3ccccc3)cc3c4cc(C(C)(C)C)ccc4n-2c13. The Morgan fingerprint density at radius 3 is 1.14 bits per heavy atom. The molecule has 0 amide bonds. The van der Waals surface area contributed by atoms with Crippen LogP contribution in [0.4, 0.5) is 0 Å². The van der Waals surface area contributed by atoms with Crippen molar-refractivity contribution in [3.05, 3.63) is 211 Å². The normalized spacial score (nSPS) is 12.9. The lowest BCUT2D eigenvalue weighted by Gasteiger charge is -2.34. The van der Waals surface area contributed by atoms with E-state index in [0.29, 0.717) is 5.82 Å². The van der Waals surface area contributed by atoms with Crippen molar-refractivity contribution in [3.8, 4) is 67.5 Å². The minimum absolute atomic E-state index is 0.0368. The Morgan fingerprint density at radius 1 is 0.352 bits per heavy atom. The number of rotatable bonds is 5. The Balaban J connectivity index is 1.17. The average molecular weight is 911 g/mol. The fraction of sp³-hybridized carbons (Fsp3) is 0.121. The van der Waals surface area contributed by atoms with Gasteiger partial charge in [-0.05, 0) is 115 Å². The molecule has 0 atom stereocenters. The zero-order chi connectivity index (χ0) is 47.9. The van der Waals surface area contributed by atoms with Gasteiger partial charge in [-0.3, -0.25) is 0 Å². The van der Waals surface area contributed by atoms with Crippen molar-refractivity contribution in [2.24, 2.45) is 0 Å². The molecule has 5 heterocycles. The van der Waals surface area contributed by atoms with Gasteiger partial charge in [0, 0.05) is 60.6 Å². The summed E-state index contributed by atoms with van der Waals surface area (Å²) in [4.78, 5) is 11.0. The first-order chi connectivity index (χ1) is 34.5. The lowest BCUT2D eigenvalue weighted by molar-refractivity contribution is 0.591. The number of nitrogens with zero attached hydrogens (tertiary/aromatic N) is 4. The summed E-state index contributed by atoms with van der Waals surface area (Å²) in [5, 5.41) is 5.07. The van der Waals surface area contributed by atoms with Crippen molar-refractivity contribution in [3.63, 3.8) is 0 Å². The predicted molar refractivity (Wildman–Crippen MR) is 300 cm³/mol. The van der Waals surface area contributed by atoms with Gasteiger partial charge in [0.2, 0.25) is 0 Å². The van der Waals surface area contributed by atoms with Crippen LogP contribution in [0, 0.1) is 0 Å². The molecule has 4 nitrogen and oxygen atoms in total. The molecule has 0 unspecified atom stereocenters. The van der Waals surface area contributed by atoms with Gasteiger partial charge in [-0.25, -0.2) is 9.97 Å². The molecule has 0 saturated carbocycles. The second-order valence-electron chi connectivity index (χ2n) is 21.8. The Labute approximate surface area is 415 Å². The number of hydrogen-bond acceptors (Lipinski definition) is 2. The van der Waals surface area contributed by atoms with E-state index in [1.807, 2.05) is 0 Å². The molecule has 0 radical (unpaired) electrons. The van der Waals surface area contributed by atoms with Crippen molar-refractivity contribution < 1.29 is 0 Å². The lowest BCUT2D eigenvalue weighted by Crippen LogP contribution is -2.59. The van der Waals surface area contributed by atoms with E-state index < -0.39 is 0 Å². The predicted octanol–water partition coefficient (Wildman–Crippen LogP) is 14.7. The van der Waals surface area contributed by atoms with Crippen molar-refractivity contribution in [2.75, 3.05) is 0 Å². The molecule has 14 rings (SSSR count). The van der Waals surface area contributed by atoms with Gasteiger partial charge < -0.3 is 9.13 Å². The van der Waals surface area contributed by atoms with E-state index in [1.54, 1.807) is 0 Å². The van der Waals surface area contributed by atoms with Crippen LogP contribution < -0.4 is 16.4 Å². The third kappa shape index (κ3) is 6.38. The number of fused-ring (bicyclic) bond motifs is 10. The van der Waals surface area contributed by atoms with Gasteiger partial charge in [0.25, 0.3) is 6.71 Å². The number of benzene rings is 9. The Morgan fingerprint density at radius 2 is 0.746 bits per heavy atom. The van der Waals surface area contributed by atoms with Gasteiger partial charge in [-0.2, -0.15) is 0 Å². The molecule has 0 bridgehead atoms. The molecule has 2 aliphatic rings. The van der Waals surface area contributed by atoms with Gasteiger partial charge in [-0.1, -0.05) is 187 Å². The third-order valence-corrected chi connectivity index (χ3v) is 15.4. The maximum absolute atomic E-state index is 5.49. The van der Waals surface area contributed by atoms with Crippen molar-refractivity contribution in [1.29, 1.82) is 0 Å². The highest BCUT2D eigenvalue weighted by atomic mass is 15.0. The summed E-state index contributed by atoms with van der Waals surface area (Å²) in [6.45, 7) is 13.8. The van der Waals surface area contributed by atoms with Crippen LogP contribution in [-0.2, 0) is 10.8 Å². The van der Waals surface area contributed by atoms with Crippen molar-refractivity contribution in [2.45, 2.75) is 52.4 Å². The Kier molecular flexibility index (Phi) is 8.87. The molecule has 9 aromatic carbocycles. The van der Waals surface area contributed by atoms with Gasteiger partial charge in [0.1, 0.15) is 0 Å². The first kappa shape index (κ1) is 41.7. The summed E-state index contributed by atoms with van der Waals surface area (Å²) in [5.41, 5.74) is 23.5. The summed E-state index contributed by atoms with van der Waals surface area (Å²) in [5.74, 6) is 0.696. The molecule has 0 spiro atoms. The molecule has 5 heteroatoms. The van der Waals surface area contributed by atoms with Gasteiger partial charge >= 0.3 is 0 Å². The van der Waals surface area contributed by atoms with E-state index in [4.69, 9.17) is 9.97 Å². The molecule has 71 heavy (non-hydrogen) atoms. The van der Waals surface area contributed by atoms with Gasteiger partial charge in [0.15, 0.2) is 5.82 Å². The van der Waals surface area contributed by atoms with E-state index in [1.165, 1.54) is 93.4 Å². The summed E-state index contributed by atoms with van der Waals surface area (Å²) in [6.07, 6.45) is 0. The van der Waals surface area contributed by atoms with Gasteiger partial charge in [0.05, 0.1) is 22.4 Å². The minimum Gasteiger partial charge on any atom is -0.310 e. The maximum Gasteiger partial charge on any atom is 0.252 e. The van der Waals surface area contributed by atoms with E-state index in [2.05, 4.69) is 251 Å². The minimum atomic E-state index is -0.0828. The number of aromatic nitrogens is 4. The number of hydrogen-bond donors (Lipinski definition) is 0. The highest BCUT2D eigenvalue weighted by Crippen LogP contribution is 2.44. The highest BCUT2D eigenvalue weighted by Gasteiger charge is 2.42. The van der Waals surface area contributed by atoms with E-state index in [-0.39, 0.29) is 17.5 Å². The molecule has 0 N–H and O–H groups in total. The monoisotopic (exact) mass is 910 g/mol. The second-order valence-corrected chi connectivity index (χ2v) is 21.8. The van der Waals surface area contributed by atoms with Crippen LogP contribution in [0.3, 0.4) is 0 Å². The first-order valence-electron chi connectivity index (χ1n) is 25.0. The summed E-state index contributed by atoms with van der Waals surface area (Å²) in [7, 11) is 0. The van der Waals surface area contributed by atoms with Crippen LogP contribution in [0.1, 0.15) is 52.7 Å². The Bertz CT molecular complexity index is 3890. The fourth-order valence-electron chi connectivity index (χ4n) is 11.8. The molecule has 2 aliphatic heterocycles. The molecule has 338 valence electrons. The summed E-state index contributed by atoms with van der Waals surface area (Å²) < 4.78 is 5.18. The van der Waals surface area contributed by atoms with E-state index >= 15 is 0 Å². The fourth-order valence-corrected chi connectivity index (χ4v) is 11.8. The molecule has 12 aromatic rings. The highest BCUT2D eigenvalue weighted by molar-refractivity contribution is 7.00. The zero-order valence-corrected chi connectivity index (χ0v) is 40.9. The maximum atomic E-state index is 5.49. The van der Waals surface area contributed by atoms with E-state index in [9.17, 15) is 0 Å². The summed E-state index contributed by atoms with van der Waals surface area (Å²) >= 11 is 0. The zero-order valence-electron chi connectivity index (χ0n) is 40.9. The van der Waals surface area contributed by atoms with Crippen LogP contribution in [0.5, 0.6) is 0 Å². The average Bonchev–Trinajstić information content (AvgIpc) is 3.91.